The van der Waals surface area contributed by atoms with Crippen LogP contribution in [0.4, 0.5) is 0 Å². The Morgan fingerprint density at radius 3 is 2.91 bits per heavy atom. The minimum atomic E-state index is -0.0540. The first-order chi connectivity index (χ1) is 10.6. The zero-order chi connectivity index (χ0) is 15.6. The van der Waals surface area contributed by atoms with E-state index in [2.05, 4.69) is 17.2 Å². The third-order valence-corrected chi connectivity index (χ3v) is 4.79. The van der Waals surface area contributed by atoms with Crippen molar-refractivity contribution in [2.45, 2.75) is 51.2 Å². The van der Waals surface area contributed by atoms with Crippen LogP contribution in [0.15, 0.2) is 10.7 Å². The predicted molar refractivity (Wildman–Crippen MR) is 81.8 cm³/mol. The summed E-state index contributed by atoms with van der Waals surface area (Å²) in [5.41, 5.74) is 0.352. The number of ether oxygens (including phenoxy) is 1. The Labute approximate surface area is 131 Å². The van der Waals surface area contributed by atoms with Crippen molar-refractivity contribution in [3.05, 3.63) is 17.8 Å². The summed E-state index contributed by atoms with van der Waals surface area (Å²) >= 11 is 0. The van der Waals surface area contributed by atoms with E-state index in [1.54, 1.807) is 6.92 Å². The molecule has 6 nitrogen and oxygen atoms in total. The van der Waals surface area contributed by atoms with Gasteiger partial charge in [-0.2, -0.15) is 0 Å². The minimum absolute atomic E-state index is 0.0363. The number of nitrogens with zero attached hydrogens (tertiary/aromatic N) is 2. The Morgan fingerprint density at radius 2 is 2.27 bits per heavy atom. The number of aromatic nitrogens is 1. The zero-order valence-corrected chi connectivity index (χ0v) is 13.4. The number of nitrogens with one attached hydrogen (secondary N) is 1. The third-order valence-electron chi connectivity index (χ3n) is 4.79. The molecule has 0 aromatic carbocycles. The third kappa shape index (κ3) is 3.17. The van der Waals surface area contributed by atoms with Crippen LogP contribution in [0.2, 0.25) is 0 Å². The van der Waals surface area contributed by atoms with E-state index in [4.69, 9.17) is 9.15 Å². The van der Waals surface area contributed by atoms with Gasteiger partial charge < -0.3 is 19.4 Å². The van der Waals surface area contributed by atoms with Gasteiger partial charge in [0.2, 0.25) is 0 Å². The van der Waals surface area contributed by atoms with E-state index in [0.717, 1.165) is 51.9 Å². The maximum atomic E-state index is 12.4. The number of hydrogen-bond acceptors (Lipinski definition) is 5. The van der Waals surface area contributed by atoms with Gasteiger partial charge in [-0.25, -0.2) is 4.98 Å². The van der Waals surface area contributed by atoms with E-state index >= 15 is 0 Å². The number of aryl methyl sites for hydroxylation is 1. The second-order valence-corrected chi connectivity index (χ2v) is 6.32. The average molecular weight is 307 g/mol. The quantitative estimate of drug-likeness (QED) is 0.921. The molecule has 122 valence electrons. The van der Waals surface area contributed by atoms with Gasteiger partial charge in [0.05, 0.1) is 5.60 Å². The molecule has 3 rings (SSSR count). The van der Waals surface area contributed by atoms with E-state index in [-0.39, 0.29) is 11.5 Å². The summed E-state index contributed by atoms with van der Waals surface area (Å²) in [6.45, 7) is 7.15. The smallest absolute Gasteiger partial charge is 0.275 e. The number of amides is 1. The lowest BCUT2D eigenvalue weighted by Crippen LogP contribution is -2.53. The molecule has 1 N–H and O–H groups in total. The lowest BCUT2D eigenvalue weighted by atomic mass is 9.82. The lowest BCUT2D eigenvalue weighted by molar-refractivity contribution is -0.115. The molecule has 1 aromatic heterocycles. The van der Waals surface area contributed by atoms with Crippen LogP contribution in [0.3, 0.4) is 0 Å². The monoisotopic (exact) mass is 307 g/mol. The van der Waals surface area contributed by atoms with Gasteiger partial charge in [-0.3, -0.25) is 4.79 Å². The lowest BCUT2D eigenvalue weighted by Gasteiger charge is -2.46. The number of hydrogen-bond donors (Lipinski definition) is 1. The van der Waals surface area contributed by atoms with Gasteiger partial charge in [0, 0.05) is 32.7 Å². The summed E-state index contributed by atoms with van der Waals surface area (Å²) in [5, 5.41) is 3.54. The minimum Gasteiger partial charge on any atom is -0.448 e. The van der Waals surface area contributed by atoms with Gasteiger partial charge in [-0.15, -0.1) is 0 Å². The molecule has 1 amide bonds. The Hall–Kier alpha value is -1.40. The fraction of sp³-hybridized carbons (Fsp3) is 0.750. The summed E-state index contributed by atoms with van der Waals surface area (Å²) < 4.78 is 11.2. The molecule has 2 saturated heterocycles. The molecule has 1 atom stereocenters. The van der Waals surface area contributed by atoms with E-state index in [0.29, 0.717) is 17.6 Å². The van der Waals surface area contributed by atoms with Crippen LogP contribution in [0.5, 0.6) is 0 Å². The normalized spacial score (nSPS) is 24.6. The van der Waals surface area contributed by atoms with Crippen LogP contribution in [0.25, 0.3) is 0 Å². The first-order valence-electron chi connectivity index (χ1n) is 8.21. The number of likely N-dealkylation sites (tertiary alicyclic amines) is 1. The summed E-state index contributed by atoms with van der Waals surface area (Å²) in [4.78, 5) is 18.4. The molecule has 0 bridgehead atoms. The van der Waals surface area contributed by atoms with Crippen molar-refractivity contribution >= 4 is 5.91 Å². The largest absolute Gasteiger partial charge is 0.448 e. The van der Waals surface area contributed by atoms with Crippen LogP contribution >= 0.6 is 0 Å². The van der Waals surface area contributed by atoms with Crippen molar-refractivity contribution in [3.63, 3.8) is 0 Å². The molecule has 22 heavy (non-hydrogen) atoms. The highest BCUT2D eigenvalue weighted by Crippen LogP contribution is 2.35. The first-order valence-corrected chi connectivity index (χ1v) is 8.21. The van der Waals surface area contributed by atoms with Crippen LogP contribution in [0, 0.1) is 6.92 Å². The van der Waals surface area contributed by atoms with Gasteiger partial charge in [-0.1, -0.05) is 6.92 Å². The fourth-order valence-corrected chi connectivity index (χ4v) is 3.58. The molecule has 2 fully saturated rings. The Morgan fingerprint density at radius 1 is 1.50 bits per heavy atom. The van der Waals surface area contributed by atoms with Crippen molar-refractivity contribution in [2.24, 2.45) is 0 Å². The maximum Gasteiger partial charge on any atom is 0.275 e. The van der Waals surface area contributed by atoms with Crippen molar-refractivity contribution < 1.29 is 13.9 Å². The molecule has 1 spiro atoms. The number of carbonyl (C=O) groups is 1. The molecule has 1 aromatic rings. The SMILES string of the molecule is CCNC1CCOC2(CCN(C(=O)c3coc(C)n3)CC2)C1. The Bertz CT molecular complexity index is 518. The first kappa shape index (κ1) is 15.5. The van der Waals surface area contributed by atoms with E-state index in [1.807, 2.05) is 4.90 Å². The highest BCUT2D eigenvalue weighted by Gasteiger charge is 2.41. The van der Waals surface area contributed by atoms with Crippen molar-refractivity contribution in [2.75, 3.05) is 26.2 Å². The van der Waals surface area contributed by atoms with Crippen LogP contribution in [-0.2, 0) is 4.74 Å². The number of rotatable bonds is 3. The molecule has 2 aliphatic heterocycles. The molecule has 1 unspecified atom stereocenters. The van der Waals surface area contributed by atoms with Gasteiger partial charge in [0.25, 0.3) is 5.91 Å². The Balaban J connectivity index is 1.59. The van der Waals surface area contributed by atoms with Crippen LogP contribution in [0.1, 0.15) is 49.0 Å². The highest BCUT2D eigenvalue weighted by molar-refractivity contribution is 5.92. The summed E-state index contributed by atoms with van der Waals surface area (Å²) in [6.07, 6.45) is 5.37. The molecular weight excluding hydrogens is 282 g/mol. The molecule has 0 aliphatic carbocycles. The fourth-order valence-electron chi connectivity index (χ4n) is 3.58. The number of oxazole rings is 1. The molecule has 2 aliphatic rings. The maximum absolute atomic E-state index is 12.4. The summed E-state index contributed by atoms with van der Waals surface area (Å²) in [5.74, 6) is 0.492. The van der Waals surface area contributed by atoms with Gasteiger partial charge in [0.1, 0.15) is 6.26 Å². The van der Waals surface area contributed by atoms with Gasteiger partial charge in [-0.05, 0) is 32.2 Å². The second-order valence-electron chi connectivity index (χ2n) is 6.32. The molecule has 0 saturated carbocycles. The Kier molecular flexibility index (Phi) is 4.49. The van der Waals surface area contributed by atoms with E-state index < -0.39 is 0 Å². The molecule has 0 radical (unpaired) electrons. The summed E-state index contributed by atoms with van der Waals surface area (Å²) in [7, 11) is 0. The molecule has 6 heteroatoms. The highest BCUT2D eigenvalue weighted by atomic mass is 16.5. The van der Waals surface area contributed by atoms with Gasteiger partial charge >= 0.3 is 0 Å². The van der Waals surface area contributed by atoms with Crippen molar-refractivity contribution in [3.8, 4) is 0 Å². The van der Waals surface area contributed by atoms with Crippen molar-refractivity contribution in [1.29, 1.82) is 0 Å². The number of carbonyl (C=O) groups excluding carboxylic acids is 1. The molecule has 3 heterocycles. The van der Waals surface area contributed by atoms with E-state index in [9.17, 15) is 4.79 Å². The summed E-state index contributed by atoms with van der Waals surface area (Å²) in [6, 6.07) is 0.541. The second kappa shape index (κ2) is 6.38. The standard InChI is InChI=1S/C16H25N3O3/c1-3-17-13-4-9-22-16(10-13)5-7-19(8-6-16)15(20)14-11-21-12(2)18-14/h11,13,17H,3-10H2,1-2H3. The predicted octanol–water partition coefficient (Wildman–Crippen LogP) is 1.75. The zero-order valence-electron chi connectivity index (χ0n) is 13.4. The van der Waals surface area contributed by atoms with Crippen LogP contribution in [-0.4, -0.2) is 53.7 Å². The van der Waals surface area contributed by atoms with E-state index in [1.165, 1.54) is 6.26 Å². The molecular formula is C16H25N3O3. The topological polar surface area (TPSA) is 67.6 Å². The van der Waals surface area contributed by atoms with Crippen LogP contribution < -0.4 is 5.32 Å². The van der Waals surface area contributed by atoms with Crippen molar-refractivity contribution in [1.82, 2.24) is 15.2 Å². The number of piperidine rings is 1. The average Bonchev–Trinajstić information content (AvgIpc) is 2.95. The van der Waals surface area contributed by atoms with Gasteiger partial charge in [0.15, 0.2) is 11.6 Å².